The molecule has 0 amide bonds. The summed E-state index contributed by atoms with van der Waals surface area (Å²) >= 11 is 0. The van der Waals surface area contributed by atoms with Gasteiger partial charge in [0.15, 0.2) is 0 Å². The molecule has 0 radical (unpaired) electrons. The quantitative estimate of drug-likeness (QED) is 0.0895. The summed E-state index contributed by atoms with van der Waals surface area (Å²) in [6.45, 7) is 41.8. The minimum absolute atomic E-state index is 0.0221. The molecule has 524 valence electrons. The van der Waals surface area contributed by atoms with Crippen LogP contribution in [0.15, 0.2) is 80.4 Å². The predicted octanol–water partition coefficient (Wildman–Crippen LogP) is 18.0. The van der Waals surface area contributed by atoms with Crippen LogP contribution < -0.4 is 39.4 Å². The Morgan fingerprint density at radius 2 is 1.46 bits per heavy atom. The molecule has 11 unspecified atom stereocenters. The molecule has 1 saturated carbocycles. The van der Waals surface area contributed by atoms with Crippen molar-refractivity contribution in [2.24, 2.45) is 27.6 Å². The number of methoxy groups -OCH3 is 5. The molecule has 1 aliphatic heterocycles. The van der Waals surface area contributed by atoms with Crippen molar-refractivity contribution in [2.75, 3.05) is 42.2 Å². The van der Waals surface area contributed by atoms with Crippen molar-refractivity contribution in [3.63, 3.8) is 0 Å². The highest BCUT2D eigenvalue weighted by molar-refractivity contribution is 7.42. The van der Waals surface area contributed by atoms with Crippen LogP contribution in [-0.2, 0) is 43.3 Å². The van der Waals surface area contributed by atoms with Gasteiger partial charge in [0.25, 0.3) is 0 Å². The number of hydrogen-bond donors (Lipinski definition) is 2. The van der Waals surface area contributed by atoms with Crippen molar-refractivity contribution < 1.29 is 69.4 Å². The first-order valence-corrected chi connectivity index (χ1v) is 36.9. The fraction of sp³-hybridized carbons (Fsp3) is 0.564. The third-order valence-corrected chi connectivity index (χ3v) is 22.7. The van der Waals surface area contributed by atoms with E-state index in [1.807, 2.05) is 36.4 Å². The van der Waals surface area contributed by atoms with Gasteiger partial charge in [0, 0.05) is 79.4 Å². The largest absolute Gasteiger partial charge is 0.508 e. The first kappa shape index (κ1) is 73.3. The van der Waals surface area contributed by atoms with E-state index in [4.69, 9.17) is 59.2 Å². The molecule has 0 saturated heterocycles. The summed E-state index contributed by atoms with van der Waals surface area (Å²) in [7, 11) is 3.72. The van der Waals surface area contributed by atoms with Crippen molar-refractivity contribution in [3.8, 4) is 34.5 Å². The number of phenolic OH excluding ortho intramolecular Hbond substituents is 2. The van der Waals surface area contributed by atoms with E-state index in [0.717, 1.165) is 77.5 Å². The van der Waals surface area contributed by atoms with Crippen molar-refractivity contribution in [3.05, 3.63) is 127 Å². The second-order valence-corrected chi connectivity index (χ2v) is 35.6. The van der Waals surface area contributed by atoms with E-state index in [1.54, 1.807) is 41.6 Å². The van der Waals surface area contributed by atoms with Gasteiger partial charge in [0.2, 0.25) is 9.03 Å². The molecule has 1 fully saturated rings. The zero-order chi connectivity index (χ0) is 70.1. The van der Waals surface area contributed by atoms with Crippen LogP contribution in [0.4, 0.5) is 0 Å². The third kappa shape index (κ3) is 15.2. The average molecular weight is 1380 g/mol. The first-order chi connectivity index (χ1) is 44.9. The lowest BCUT2D eigenvalue weighted by Gasteiger charge is -2.47. The fourth-order valence-corrected chi connectivity index (χ4v) is 17.7. The maximum absolute atomic E-state index is 13.0. The minimum Gasteiger partial charge on any atom is -0.508 e. The van der Waals surface area contributed by atoms with Gasteiger partial charge in [-0.3, -0.25) is 4.52 Å². The molecule has 5 aliphatic rings. The van der Waals surface area contributed by atoms with E-state index < -0.39 is 49.4 Å². The van der Waals surface area contributed by atoms with Crippen molar-refractivity contribution in [1.29, 1.82) is 0 Å². The number of ether oxygens (including phenoxy) is 5. The Bertz CT molecular complexity index is 4100. The summed E-state index contributed by atoms with van der Waals surface area (Å²) in [6, 6.07) is 15.6. The van der Waals surface area contributed by atoms with Crippen molar-refractivity contribution >= 4 is 60.1 Å². The molecule has 5 aromatic rings. The van der Waals surface area contributed by atoms with E-state index in [-0.39, 0.29) is 68.5 Å². The Hall–Kier alpha value is -5.46. The molecule has 18 heteroatoms. The number of allylic oxidation sites excluding steroid dienone is 1. The summed E-state index contributed by atoms with van der Waals surface area (Å²) in [6.07, 6.45) is 10.2. The molecule has 96 heavy (non-hydrogen) atoms. The van der Waals surface area contributed by atoms with Crippen LogP contribution in [0.2, 0.25) is 0 Å². The van der Waals surface area contributed by atoms with E-state index in [0.29, 0.717) is 72.3 Å². The second kappa shape index (κ2) is 27.9. The summed E-state index contributed by atoms with van der Waals surface area (Å²) in [5.74, 6) is 3.58. The molecule has 11 atom stereocenters. The van der Waals surface area contributed by atoms with Crippen LogP contribution in [0.25, 0.3) is 34.3 Å². The van der Waals surface area contributed by atoms with Crippen LogP contribution >= 0.6 is 25.9 Å². The van der Waals surface area contributed by atoms with Gasteiger partial charge >= 0.3 is 16.8 Å². The summed E-state index contributed by atoms with van der Waals surface area (Å²) < 4.78 is 88.2. The average Bonchev–Trinajstić information content (AvgIpc) is 1.37. The van der Waals surface area contributed by atoms with Gasteiger partial charge < -0.3 is 64.9 Å². The second-order valence-electron chi connectivity index (χ2n) is 32.9. The number of phenols is 2. The first-order valence-electron chi connectivity index (χ1n) is 33.9. The highest BCUT2D eigenvalue weighted by Crippen LogP contribution is 2.60. The zero-order valence-electron chi connectivity index (χ0n) is 61.4. The molecule has 4 aromatic carbocycles. The Labute approximate surface area is 574 Å². The number of benzene rings is 4. The zero-order valence-corrected chi connectivity index (χ0v) is 64.2. The topological polar surface area (TPSA) is 168 Å². The highest BCUT2D eigenvalue weighted by atomic mass is 31.2. The SMILES string of the molecule is COCC(c1op(Oc2c(C3CC(OC)CC(C(C)(C)C)C3OPOc3cccc4cc5c(c(O)c34)=C(OP3Oc4c(cc(OC)cc4C(C)(C)C)C4C=C(OC)C=C(C(C)(C)C)C4O3)CCC=5)cc(O)cc2C(C)(C)C)oc2c(c1C)=CC(OC)CC=2C(C)(C)C)C(C)(C)C. The van der Waals surface area contributed by atoms with Crippen LogP contribution in [0, 0.1) is 34.5 Å². The molecular weight excluding hydrogens is 1270 g/mol. The monoisotopic (exact) mass is 1380 g/mol. The number of hydrogen-bond acceptors (Lipinski definition) is 15. The van der Waals surface area contributed by atoms with E-state index >= 15 is 0 Å². The molecule has 4 aliphatic carbocycles. The normalized spacial score (nSPS) is 23.1. The molecule has 15 nitrogen and oxygen atoms in total. The van der Waals surface area contributed by atoms with Gasteiger partial charge in [-0.25, -0.2) is 0 Å². The Morgan fingerprint density at radius 3 is 2.07 bits per heavy atom. The van der Waals surface area contributed by atoms with Crippen LogP contribution in [0.5, 0.6) is 34.5 Å². The van der Waals surface area contributed by atoms with Crippen LogP contribution in [0.3, 0.4) is 0 Å². The van der Waals surface area contributed by atoms with Gasteiger partial charge in [-0.2, -0.15) is 0 Å². The standard InChI is InChI=1S/C78H107O15P3/c1-43-51-34-47(82-21)39-58(75(8,9)10)69(51)90-96(89-67(43)61(42-81-20)78(17,18)19)93-70-52(32-46(79)33-56(70)73(2,3)4)53-35-48(83-22)38-57(74(5,6)7)68(53)87-94-86-62-29-25-27-44-31-45-28-26-30-63(65(45)66(80)64(44)62)88-95-91-71-54(36-49(84-23)40-59(71)76(11,12)13)55-37-50(85-24)41-60(72(55)92-95)77(14,15)16/h25,27-29,31-34,36-37,40-41,47-48,53-54,57,61,68,71,79-80,94H,26,30,35,38-39,42H2,1-24H3. The van der Waals surface area contributed by atoms with E-state index in [2.05, 4.69) is 162 Å². The Morgan fingerprint density at radius 1 is 0.740 bits per heavy atom. The lowest BCUT2D eigenvalue weighted by molar-refractivity contribution is -0.0502. The fourth-order valence-electron chi connectivity index (χ4n) is 14.5. The van der Waals surface area contributed by atoms with Crippen molar-refractivity contribution in [1.82, 2.24) is 0 Å². The Balaban J connectivity index is 1.07. The predicted molar refractivity (Wildman–Crippen MR) is 387 cm³/mol. The van der Waals surface area contributed by atoms with Gasteiger partial charge in [-0.05, 0) is 147 Å². The smallest absolute Gasteiger partial charge is 0.463 e. The van der Waals surface area contributed by atoms with Crippen molar-refractivity contribution in [2.45, 2.75) is 217 Å². The number of aromatic hydroxyl groups is 2. The van der Waals surface area contributed by atoms with Gasteiger partial charge in [0.05, 0.1) is 49.7 Å². The van der Waals surface area contributed by atoms with Crippen LogP contribution in [0.1, 0.15) is 208 Å². The van der Waals surface area contributed by atoms with Gasteiger partial charge in [-0.1, -0.05) is 143 Å². The van der Waals surface area contributed by atoms with Gasteiger partial charge in [0.1, 0.15) is 63.3 Å². The molecule has 0 bridgehead atoms. The molecule has 1 aromatic heterocycles. The molecular formula is C78H107O15P3. The highest BCUT2D eigenvalue weighted by Gasteiger charge is 2.48. The minimum atomic E-state index is -2.24. The lowest BCUT2D eigenvalue weighted by Crippen LogP contribution is -2.45. The molecule has 2 N–H and O–H groups in total. The van der Waals surface area contributed by atoms with Gasteiger partial charge in [-0.15, -0.1) is 0 Å². The van der Waals surface area contributed by atoms with E-state index in [1.165, 1.54) is 0 Å². The lowest BCUT2D eigenvalue weighted by atomic mass is 9.64. The van der Waals surface area contributed by atoms with E-state index in [9.17, 15) is 10.2 Å². The molecule has 2 heterocycles. The number of fused-ring (bicyclic) bond motifs is 6. The summed E-state index contributed by atoms with van der Waals surface area (Å²) in [5.41, 5.74) is 5.09. The maximum Gasteiger partial charge on any atom is 0.463 e. The maximum atomic E-state index is 13.0. The summed E-state index contributed by atoms with van der Waals surface area (Å²) in [5, 5.41) is 28.6. The van der Waals surface area contributed by atoms with Crippen LogP contribution in [-0.4, -0.2) is 76.8 Å². The number of rotatable bonds is 16. The molecule has 0 spiro atoms. The molecule has 10 rings (SSSR count). The third-order valence-electron chi connectivity index (χ3n) is 19.9. The Kier molecular flexibility index (Phi) is 21.3. The summed E-state index contributed by atoms with van der Waals surface area (Å²) in [4.78, 5) is 0.